The van der Waals surface area contributed by atoms with Crippen molar-refractivity contribution in [2.24, 2.45) is 10.8 Å². The van der Waals surface area contributed by atoms with Crippen LogP contribution in [0, 0.1) is 6.92 Å². The van der Waals surface area contributed by atoms with Crippen LogP contribution >= 0.6 is 12.2 Å². The second-order valence-corrected chi connectivity index (χ2v) is 5.49. The number of hydrogen-bond acceptors (Lipinski definition) is 3. The molecule has 0 saturated heterocycles. The molecule has 0 spiro atoms. The van der Waals surface area contributed by atoms with Crippen LogP contribution in [0.2, 0.25) is 0 Å². The molecule has 0 fully saturated rings. The van der Waals surface area contributed by atoms with Gasteiger partial charge < -0.3 is 5.73 Å². The van der Waals surface area contributed by atoms with Crippen molar-refractivity contribution >= 4 is 23.0 Å². The summed E-state index contributed by atoms with van der Waals surface area (Å²) < 4.78 is 0. The number of nitrogens with zero attached hydrogens (tertiary/aromatic N) is 3. The quantitative estimate of drug-likeness (QED) is 0.866. The van der Waals surface area contributed by atoms with Crippen molar-refractivity contribution in [3.63, 3.8) is 0 Å². The highest BCUT2D eigenvalue weighted by Crippen LogP contribution is 2.32. The molecule has 21 heavy (non-hydrogen) atoms. The molecule has 0 aliphatic carbocycles. The van der Waals surface area contributed by atoms with E-state index in [-0.39, 0.29) is 11.2 Å². The van der Waals surface area contributed by atoms with E-state index in [1.807, 2.05) is 18.2 Å². The molecule has 0 radical (unpaired) electrons. The van der Waals surface area contributed by atoms with E-state index in [2.05, 4.69) is 41.3 Å². The second-order valence-electron chi connectivity index (χ2n) is 5.08. The van der Waals surface area contributed by atoms with Crippen molar-refractivity contribution in [2.45, 2.75) is 19.4 Å². The lowest BCUT2D eigenvalue weighted by Gasteiger charge is -2.21. The van der Waals surface area contributed by atoms with Gasteiger partial charge in [-0.1, -0.05) is 35.9 Å². The maximum Gasteiger partial charge on any atom is 0.187 e. The lowest BCUT2D eigenvalue weighted by Crippen LogP contribution is -2.31. The number of aryl methyl sites for hydroxylation is 1. The van der Waals surface area contributed by atoms with Crippen LogP contribution in [-0.2, 0) is 0 Å². The SMILES string of the molecule is Cc1ccc(C2CC(c3ccccn3)=NN2C(N)=S)cc1. The van der Waals surface area contributed by atoms with Crippen molar-refractivity contribution < 1.29 is 0 Å². The fraction of sp³-hybridized carbons (Fsp3) is 0.188. The number of pyridine rings is 1. The molecule has 1 unspecified atom stereocenters. The Morgan fingerprint density at radius 1 is 1.24 bits per heavy atom. The van der Waals surface area contributed by atoms with Gasteiger partial charge in [-0.25, -0.2) is 5.01 Å². The average molecular weight is 296 g/mol. The highest BCUT2D eigenvalue weighted by Gasteiger charge is 2.30. The third kappa shape index (κ3) is 2.78. The number of aromatic nitrogens is 1. The van der Waals surface area contributed by atoms with Crippen molar-refractivity contribution in [3.8, 4) is 0 Å². The number of benzene rings is 1. The lowest BCUT2D eigenvalue weighted by molar-refractivity contribution is 0.372. The predicted molar refractivity (Wildman–Crippen MR) is 87.9 cm³/mol. The molecule has 1 aliphatic rings. The van der Waals surface area contributed by atoms with E-state index in [4.69, 9.17) is 18.0 Å². The number of thiocarbonyl (C=S) groups is 1. The maximum absolute atomic E-state index is 5.83. The number of rotatable bonds is 2. The van der Waals surface area contributed by atoms with Crippen LogP contribution in [0.4, 0.5) is 0 Å². The van der Waals surface area contributed by atoms with Gasteiger partial charge in [0.1, 0.15) is 0 Å². The van der Waals surface area contributed by atoms with E-state index in [9.17, 15) is 0 Å². The molecule has 4 nitrogen and oxygen atoms in total. The van der Waals surface area contributed by atoms with Crippen LogP contribution in [-0.4, -0.2) is 20.8 Å². The summed E-state index contributed by atoms with van der Waals surface area (Å²) in [6, 6.07) is 14.2. The molecule has 2 aromatic rings. The van der Waals surface area contributed by atoms with Gasteiger partial charge in [0.15, 0.2) is 5.11 Å². The van der Waals surface area contributed by atoms with Gasteiger partial charge >= 0.3 is 0 Å². The fourth-order valence-corrected chi connectivity index (χ4v) is 2.62. The summed E-state index contributed by atoms with van der Waals surface area (Å²) >= 11 is 5.14. The molecule has 5 heteroatoms. The van der Waals surface area contributed by atoms with Crippen LogP contribution in [0.25, 0.3) is 0 Å². The first-order valence-electron chi connectivity index (χ1n) is 6.79. The van der Waals surface area contributed by atoms with Gasteiger partial charge in [-0.15, -0.1) is 0 Å². The minimum Gasteiger partial charge on any atom is -0.375 e. The van der Waals surface area contributed by atoms with Crippen LogP contribution in [0.5, 0.6) is 0 Å². The molecule has 106 valence electrons. The van der Waals surface area contributed by atoms with E-state index in [0.29, 0.717) is 0 Å². The summed E-state index contributed by atoms with van der Waals surface area (Å²) in [6.07, 6.45) is 2.51. The summed E-state index contributed by atoms with van der Waals surface area (Å²) in [5, 5.41) is 6.56. The van der Waals surface area contributed by atoms with Gasteiger partial charge in [0.25, 0.3) is 0 Å². The standard InChI is InChI=1S/C16H16N4S/c1-11-5-7-12(8-6-11)15-10-14(19-20(15)16(17)21)13-4-2-3-9-18-13/h2-9,15H,10H2,1H3,(H2,17,21). The third-order valence-corrected chi connectivity index (χ3v) is 3.75. The Bertz CT molecular complexity index is 679. The van der Waals surface area contributed by atoms with E-state index < -0.39 is 0 Å². The maximum atomic E-state index is 5.83. The highest BCUT2D eigenvalue weighted by molar-refractivity contribution is 7.80. The Morgan fingerprint density at radius 2 is 2.00 bits per heavy atom. The monoisotopic (exact) mass is 296 g/mol. The van der Waals surface area contributed by atoms with E-state index in [0.717, 1.165) is 23.4 Å². The van der Waals surface area contributed by atoms with E-state index in [1.165, 1.54) is 5.56 Å². The molecular weight excluding hydrogens is 280 g/mol. The van der Waals surface area contributed by atoms with Gasteiger partial charge in [-0.3, -0.25) is 4.98 Å². The largest absolute Gasteiger partial charge is 0.375 e. The Balaban J connectivity index is 1.93. The van der Waals surface area contributed by atoms with Crippen LogP contribution in [0.3, 0.4) is 0 Å². The molecule has 3 rings (SSSR count). The first kappa shape index (κ1) is 13.7. The molecule has 2 heterocycles. The number of hydrogen-bond donors (Lipinski definition) is 1. The molecule has 0 bridgehead atoms. The van der Waals surface area contributed by atoms with Crippen molar-refractivity contribution in [1.82, 2.24) is 9.99 Å². The Labute approximate surface area is 129 Å². The summed E-state index contributed by atoms with van der Waals surface area (Å²) in [4.78, 5) is 4.36. The zero-order valence-corrected chi connectivity index (χ0v) is 12.5. The molecule has 0 amide bonds. The highest BCUT2D eigenvalue weighted by atomic mass is 32.1. The fourth-order valence-electron chi connectivity index (χ4n) is 2.45. The molecule has 2 N–H and O–H groups in total. The van der Waals surface area contributed by atoms with E-state index >= 15 is 0 Å². The van der Waals surface area contributed by atoms with Gasteiger partial charge in [0.2, 0.25) is 0 Å². The molecule has 1 aromatic carbocycles. The molecule has 1 aromatic heterocycles. The first-order valence-corrected chi connectivity index (χ1v) is 7.20. The van der Waals surface area contributed by atoms with Crippen molar-refractivity contribution in [2.75, 3.05) is 0 Å². The van der Waals surface area contributed by atoms with Crippen molar-refractivity contribution in [1.29, 1.82) is 0 Å². The number of hydrazone groups is 1. The normalized spacial score (nSPS) is 17.7. The topological polar surface area (TPSA) is 54.5 Å². The van der Waals surface area contributed by atoms with Gasteiger partial charge in [0.05, 0.1) is 17.4 Å². The number of nitrogens with two attached hydrogens (primary N) is 1. The van der Waals surface area contributed by atoms with Gasteiger partial charge in [-0.05, 0) is 36.8 Å². The average Bonchev–Trinajstić information content (AvgIpc) is 2.94. The van der Waals surface area contributed by atoms with Crippen molar-refractivity contribution in [3.05, 3.63) is 65.5 Å². The Hall–Kier alpha value is -2.27. The summed E-state index contributed by atoms with van der Waals surface area (Å²) in [5.74, 6) is 0. The third-order valence-electron chi connectivity index (χ3n) is 3.56. The molecular formula is C16H16N4S. The zero-order valence-electron chi connectivity index (χ0n) is 11.7. The smallest absolute Gasteiger partial charge is 0.187 e. The van der Waals surface area contributed by atoms with Gasteiger partial charge in [-0.2, -0.15) is 5.10 Å². The van der Waals surface area contributed by atoms with Crippen LogP contribution in [0.1, 0.15) is 29.3 Å². The second kappa shape index (κ2) is 5.61. The molecule has 1 atom stereocenters. The Morgan fingerprint density at radius 3 is 2.62 bits per heavy atom. The summed E-state index contributed by atoms with van der Waals surface area (Å²) in [6.45, 7) is 2.07. The molecule has 0 saturated carbocycles. The molecule has 1 aliphatic heterocycles. The van der Waals surface area contributed by atoms with Crippen LogP contribution in [0.15, 0.2) is 53.8 Å². The lowest BCUT2D eigenvalue weighted by atomic mass is 9.99. The van der Waals surface area contributed by atoms with E-state index in [1.54, 1.807) is 11.2 Å². The van der Waals surface area contributed by atoms with Gasteiger partial charge in [0, 0.05) is 12.6 Å². The summed E-state index contributed by atoms with van der Waals surface area (Å²) in [5.41, 5.74) is 9.99. The Kier molecular flexibility index (Phi) is 3.66. The minimum atomic E-state index is 0.0418. The zero-order chi connectivity index (χ0) is 14.8. The minimum absolute atomic E-state index is 0.0418. The van der Waals surface area contributed by atoms with Crippen LogP contribution < -0.4 is 5.73 Å². The summed E-state index contributed by atoms with van der Waals surface area (Å²) in [7, 11) is 0. The first-order chi connectivity index (χ1) is 10.1. The predicted octanol–water partition coefficient (Wildman–Crippen LogP) is 2.78.